The van der Waals surface area contributed by atoms with Crippen molar-refractivity contribution in [1.29, 1.82) is 0 Å². The van der Waals surface area contributed by atoms with Gasteiger partial charge in [-0.05, 0) is 19.1 Å². The van der Waals surface area contributed by atoms with Crippen molar-refractivity contribution in [2.75, 3.05) is 0 Å². The normalized spacial score (nSPS) is 25.4. The Balaban J connectivity index is 2.50. The van der Waals surface area contributed by atoms with Crippen molar-refractivity contribution >= 4 is 5.97 Å². The van der Waals surface area contributed by atoms with Gasteiger partial charge in [-0.15, -0.1) is 0 Å². The van der Waals surface area contributed by atoms with Gasteiger partial charge in [-0.25, -0.2) is 4.79 Å². The lowest BCUT2D eigenvalue weighted by Crippen LogP contribution is -2.02. The van der Waals surface area contributed by atoms with E-state index >= 15 is 0 Å². The second-order valence-electron chi connectivity index (χ2n) is 1.79. The molecule has 0 aliphatic carbocycles. The minimum Gasteiger partial charge on any atom is -0.451 e. The van der Waals surface area contributed by atoms with Crippen LogP contribution in [0.3, 0.4) is 0 Å². The minimum atomic E-state index is -0.252. The van der Waals surface area contributed by atoms with E-state index < -0.39 is 0 Å². The topological polar surface area (TPSA) is 26.3 Å². The Morgan fingerprint density at radius 3 is 3.00 bits per heavy atom. The lowest BCUT2D eigenvalue weighted by molar-refractivity contribution is -0.137. The fourth-order valence-electron chi connectivity index (χ4n) is 0.679. The molecule has 0 unspecified atom stereocenters. The van der Waals surface area contributed by atoms with Gasteiger partial charge in [-0.3, -0.25) is 0 Å². The number of hydrogen-bond donors (Lipinski definition) is 0. The highest BCUT2D eigenvalue weighted by molar-refractivity contribution is 5.84. The summed E-state index contributed by atoms with van der Waals surface area (Å²) in [5, 5.41) is 0. The molecule has 0 spiro atoms. The first-order valence-electron chi connectivity index (χ1n) is 2.84. The number of cyclic esters (lactones) is 1. The highest BCUT2D eigenvalue weighted by atomic mass is 16.5. The van der Waals surface area contributed by atoms with E-state index in [1.54, 1.807) is 6.08 Å². The lowest BCUT2D eigenvalue weighted by Gasteiger charge is -1.98. The van der Waals surface area contributed by atoms with Gasteiger partial charge in [0.25, 0.3) is 0 Å². The zero-order valence-corrected chi connectivity index (χ0v) is 5.20. The summed E-state index contributed by atoms with van der Waals surface area (Å²) >= 11 is 0. The van der Waals surface area contributed by atoms with Crippen molar-refractivity contribution in [2.24, 2.45) is 0 Å². The number of ether oxygens (including phenoxy) is 1. The number of carbonyl (C=O) groups is 1. The zero-order chi connectivity index (χ0) is 6.69. The molecule has 0 aromatic rings. The molecule has 0 N–H and O–H groups in total. The first kappa shape index (κ1) is 6.08. The van der Waals surface area contributed by atoms with Crippen LogP contribution in [0.25, 0.3) is 0 Å². The van der Waals surface area contributed by atoms with Crippen LogP contribution in [0.5, 0.6) is 0 Å². The van der Waals surface area contributed by atoms with E-state index in [4.69, 9.17) is 4.74 Å². The molecular formula is C7H8O2. The molecule has 0 radical (unpaired) electrons. The SMILES string of the molecule is C/C=C/[C@H]1C=CC(=O)O1. The molecule has 1 rings (SSSR count). The molecule has 0 aromatic heterocycles. The molecule has 9 heavy (non-hydrogen) atoms. The molecule has 1 aliphatic heterocycles. The van der Waals surface area contributed by atoms with Crippen LogP contribution in [0.2, 0.25) is 0 Å². The number of hydrogen-bond acceptors (Lipinski definition) is 2. The molecule has 48 valence electrons. The zero-order valence-electron chi connectivity index (χ0n) is 5.20. The van der Waals surface area contributed by atoms with Crippen molar-refractivity contribution in [3.05, 3.63) is 24.3 Å². The van der Waals surface area contributed by atoms with Gasteiger partial charge in [0, 0.05) is 6.08 Å². The van der Waals surface area contributed by atoms with E-state index in [0.29, 0.717) is 0 Å². The van der Waals surface area contributed by atoms with Gasteiger partial charge in [-0.2, -0.15) is 0 Å². The van der Waals surface area contributed by atoms with Gasteiger partial charge < -0.3 is 4.74 Å². The van der Waals surface area contributed by atoms with Crippen LogP contribution in [0.1, 0.15) is 6.92 Å². The highest BCUT2D eigenvalue weighted by Crippen LogP contribution is 2.05. The van der Waals surface area contributed by atoms with Crippen molar-refractivity contribution in [3.63, 3.8) is 0 Å². The first-order valence-corrected chi connectivity index (χ1v) is 2.84. The van der Waals surface area contributed by atoms with Gasteiger partial charge in [0.2, 0.25) is 0 Å². The van der Waals surface area contributed by atoms with E-state index in [-0.39, 0.29) is 12.1 Å². The lowest BCUT2D eigenvalue weighted by atomic mass is 10.3. The maximum atomic E-state index is 10.4. The van der Waals surface area contributed by atoms with Crippen LogP contribution in [0.4, 0.5) is 0 Å². The third-order valence-corrected chi connectivity index (χ3v) is 1.06. The molecule has 1 atom stereocenters. The van der Waals surface area contributed by atoms with Gasteiger partial charge in [0.1, 0.15) is 6.10 Å². The van der Waals surface area contributed by atoms with E-state index in [1.807, 2.05) is 19.1 Å². The molecule has 2 heteroatoms. The molecule has 0 bridgehead atoms. The van der Waals surface area contributed by atoms with Gasteiger partial charge in [0.15, 0.2) is 0 Å². The average Bonchev–Trinajstić information content (AvgIpc) is 2.17. The van der Waals surface area contributed by atoms with E-state index in [2.05, 4.69) is 0 Å². The van der Waals surface area contributed by atoms with Crippen LogP contribution in [-0.2, 0) is 9.53 Å². The Morgan fingerprint density at radius 2 is 2.56 bits per heavy atom. The maximum Gasteiger partial charge on any atom is 0.331 e. The fourth-order valence-corrected chi connectivity index (χ4v) is 0.679. The van der Waals surface area contributed by atoms with E-state index in [9.17, 15) is 4.79 Å². The summed E-state index contributed by atoms with van der Waals surface area (Å²) in [7, 11) is 0. The minimum absolute atomic E-state index is 0.123. The van der Waals surface area contributed by atoms with E-state index in [0.717, 1.165) is 0 Å². The monoisotopic (exact) mass is 124 g/mol. The standard InChI is InChI=1S/C7H8O2/c1-2-3-6-4-5-7(8)9-6/h2-6H,1H3/b3-2+/t6-/m0/s1. The summed E-state index contributed by atoms with van der Waals surface area (Å²) in [6.07, 6.45) is 6.71. The number of carbonyl (C=O) groups excluding carboxylic acids is 1. The van der Waals surface area contributed by atoms with Crippen molar-refractivity contribution in [1.82, 2.24) is 0 Å². The molecule has 0 amide bonds. The molecule has 1 aliphatic rings. The summed E-state index contributed by atoms with van der Waals surface area (Å²) in [6.45, 7) is 1.89. The Hall–Kier alpha value is -1.05. The van der Waals surface area contributed by atoms with Crippen molar-refractivity contribution in [3.8, 4) is 0 Å². The summed E-state index contributed by atoms with van der Waals surface area (Å²) in [4.78, 5) is 10.4. The molecule has 0 saturated heterocycles. The van der Waals surface area contributed by atoms with E-state index in [1.165, 1.54) is 6.08 Å². The molecule has 0 aromatic carbocycles. The Labute approximate surface area is 53.8 Å². The Morgan fingerprint density at radius 1 is 1.78 bits per heavy atom. The Bertz CT molecular complexity index is 168. The first-order chi connectivity index (χ1) is 4.33. The molecular weight excluding hydrogens is 116 g/mol. The van der Waals surface area contributed by atoms with Gasteiger partial charge >= 0.3 is 5.97 Å². The van der Waals surface area contributed by atoms with Crippen molar-refractivity contribution in [2.45, 2.75) is 13.0 Å². The van der Waals surface area contributed by atoms with Crippen LogP contribution in [0.15, 0.2) is 24.3 Å². The molecule has 0 saturated carbocycles. The summed E-state index contributed by atoms with van der Waals surface area (Å²) in [5.41, 5.74) is 0. The average molecular weight is 124 g/mol. The molecule has 0 fully saturated rings. The van der Waals surface area contributed by atoms with Crippen molar-refractivity contribution < 1.29 is 9.53 Å². The number of rotatable bonds is 1. The summed E-state index contributed by atoms with van der Waals surface area (Å²) in [6, 6.07) is 0. The largest absolute Gasteiger partial charge is 0.451 e. The van der Waals surface area contributed by atoms with Crippen LogP contribution in [-0.4, -0.2) is 12.1 Å². The maximum absolute atomic E-state index is 10.4. The fraction of sp³-hybridized carbons (Fsp3) is 0.286. The molecule has 1 heterocycles. The Kier molecular flexibility index (Phi) is 1.68. The van der Waals surface area contributed by atoms with Gasteiger partial charge in [0.05, 0.1) is 0 Å². The predicted molar refractivity (Wildman–Crippen MR) is 33.8 cm³/mol. The molecule has 2 nitrogen and oxygen atoms in total. The highest BCUT2D eigenvalue weighted by Gasteiger charge is 2.11. The third-order valence-electron chi connectivity index (χ3n) is 1.06. The predicted octanol–water partition coefficient (Wildman–Crippen LogP) is 1.04. The van der Waals surface area contributed by atoms with Crippen LogP contribution < -0.4 is 0 Å². The summed E-state index contributed by atoms with van der Waals surface area (Å²) < 4.78 is 4.76. The third kappa shape index (κ3) is 1.42. The smallest absolute Gasteiger partial charge is 0.331 e. The second-order valence-corrected chi connectivity index (χ2v) is 1.79. The second kappa shape index (κ2) is 2.49. The van der Waals surface area contributed by atoms with Crippen LogP contribution >= 0.6 is 0 Å². The van der Waals surface area contributed by atoms with Crippen LogP contribution in [0, 0.1) is 0 Å². The number of esters is 1. The summed E-state index contributed by atoms with van der Waals surface area (Å²) in [5.74, 6) is -0.252. The number of allylic oxidation sites excluding steroid dienone is 1. The quantitative estimate of drug-likeness (QED) is 0.385. The van der Waals surface area contributed by atoms with Gasteiger partial charge in [-0.1, -0.05) is 6.08 Å².